The highest BCUT2D eigenvalue weighted by Crippen LogP contribution is 2.13. The Morgan fingerprint density at radius 3 is 2.33 bits per heavy atom. The lowest BCUT2D eigenvalue weighted by atomic mass is 10.1. The zero-order chi connectivity index (χ0) is 23.8. The van der Waals surface area contributed by atoms with Crippen LogP contribution in [-0.2, 0) is 24.2 Å². The molecule has 3 aromatic rings. The average molecular weight is 450 g/mol. The molecule has 0 saturated carbocycles. The first kappa shape index (κ1) is 23.7. The van der Waals surface area contributed by atoms with Gasteiger partial charge in [-0.1, -0.05) is 55.8 Å². The van der Waals surface area contributed by atoms with Crippen molar-refractivity contribution in [2.45, 2.75) is 38.8 Å². The summed E-state index contributed by atoms with van der Waals surface area (Å²) in [6, 6.07) is 16.2. The Balaban J connectivity index is 1.83. The third-order valence-corrected chi connectivity index (χ3v) is 5.12. The topological polar surface area (TPSA) is 134 Å². The largest absolute Gasteiger partial charge is 0.478 e. The summed E-state index contributed by atoms with van der Waals surface area (Å²) in [6.45, 7) is 2.26. The first-order valence-electron chi connectivity index (χ1n) is 10.6. The molecule has 2 amide bonds. The normalized spacial score (nSPS) is 11.6. The summed E-state index contributed by atoms with van der Waals surface area (Å²) in [5, 5.41) is 25.4. The number of amides is 2. The van der Waals surface area contributed by atoms with Gasteiger partial charge >= 0.3 is 5.97 Å². The van der Waals surface area contributed by atoms with E-state index in [0.29, 0.717) is 6.42 Å². The van der Waals surface area contributed by atoms with Gasteiger partial charge in [0.2, 0.25) is 0 Å². The van der Waals surface area contributed by atoms with E-state index in [2.05, 4.69) is 10.4 Å². The number of hydrogen-bond donors (Lipinski definition) is 4. The molecule has 33 heavy (non-hydrogen) atoms. The van der Waals surface area contributed by atoms with Gasteiger partial charge in [0, 0.05) is 6.42 Å². The number of rotatable bonds is 10. The second kappa shape index (κ2) is 11.1. The summed E-state index contributed by atoms with van der Waals surface area (Å²) in [5.41, 5.74) is 4.38. The Morgan fingerprint density at radius 2 is 1.73 bits per heavy atom. The number of carboxylic acid groups (broad SMARTS) is 1. The van der Waals surface area contributed by atoms with Crippen LogP contribution < -0.4 is 10.8 Å². The highest BCUT2D eigenvalue weighted by molar-refractivity contribution is 5.96. The van der Waals surface area contributed by atoms with E-state index in [1.54, 1.807) is 23.7 Å². The molecule has 1 heterocycles. The fourth-order valence-corrected chi connectivity index (χ4v) is 3.45. The van der Waals surface area contributed by atoms with Crippen molar-refractivity contribution in [3.8, 4) is 0 Å². The molecule has 0 spiro atoms. The van der Waals surface area contributed by atoms with Gasteiger partial charge in [-0.15, -0.1) is 0 Å². The molecular formula is C24H26N4O5. The van der Waals surface area contributed by atoms with Gasteiger partial charge in [-0.3, -0.25) is 19.5 Å². The molecule has 0 aliphatic carbocycles. The number of nitrogens with one attached hydrogen (secondary N) is 2. The predicted molar refractivity (Wildman–Crippen MR) is 120 cm³/mol. The van der Waals surface area contributed by atoms with Gasteiger partial charge in [-0.05, 0) is 35.7 Å². The van der Waals surface area contributed by atoms with Crippen LogP contribution in [0.1, 0.15) is 51.0 Å². The van der Waals surface area contributed by atoms with Gasteiger partial charge in [0.05, 0.1) is 17.8 Å². The standard InChI is InChI=1S/C24H26N4O5/c1-2-6-19-14-21(28(26-19)15-17-9-11-18(12-10-17)24(31)32)23(30)25-20(22(29)27-33)13-16-7-4-3-5-8-16/h3-5,7-12,14,20,33H,2,6,13,15H2,1H3,(H,25,30)(H,27,29)(H,31,32)/t20-/m0/s1. The van der Waals surface area contributed by atoms with Crippen LogP contribution in [-0.4, -0.2) is 43.9 Å². The Morgan fingerprint density at radius 1 is 1.03 bits per heavy atom. The van der Waals surface area contributed by atoms with Crippen molar-refractivity contribution in [3.63, 3.8) is 0 Å². The molecule has 2 aromatic carbocycles. The van der Waals surface area contributed by atoms with Gasteiger partial charge in [-0.2, -0.15) is 5.10 Å². The fourth-order valence-electron chi connectivity index (χ4n) is 3.45. The van der Waals surface area contributed by atoms with Gasteiger partial charge in [0.25, 0.3) is 11.8 Å². The molecule has 172 valence electrons. The van der Waals surface area contributed by atoms with E-state index in [1.807, 2.05) is 37.3 Å². The first-order valence-corrected chi connectivity index (χ1v) is 10.6. The zero-order valence-electron chi connectivity index (χ0n) is 18.2. The second-order valence-corrected chi connectivity index (χ2v) is 7.62. The van der Waals surface area contributed by atoms with Crippen molar-refractivity contribution in [2.75, 3.05) is 0 Å². The molecule has 0 aliphatic heterocycles. The van der Waals surface area contributed by atoms with Crippen molar-refractivity contribution < 1.29 is 24.7 Å². The Labute approximate surface area is 191 Å². The SMILES string of the molecule is CCCc1cc(C(=O)N[C@@H](Cc2ccccc2)C(=O)NO)n(Cc2ccc(C(=O)O)cc2)n1. The van der Waals surface area contributed by atoms with Crippen molar-refractivity contribution in [3.05, 3.63) is 88.7 Å². The molecule has 1 aromatic heterocycles. The smallest absolute Gasteiger partial charge is 0.335 e. The van der Waals surface area contributed by atoms with Gasteiger partial charge < -0.3 is 10.4 Å². The lowest BCUT2D eigenvalue weighted by molar-refractivity contribution is -0.131. The summed E-state index contributed by atoms with van der Waals surface area (Å²) in [6.07, 6.45) is 1.72. The summed E-state index contributed by atoms with van der Waals surface area (Å²) >= 11 is 0. The molecule has 1 atom stereocenters. The summed E-state index contributed by atoms with van der Waals surface area (Å²) in [7, 11) is 0. The molecule has 0 bridgehead atoms. The number of benzene rings is 2. The third-order valence-electron chi connectivity index (χ3n) is 5.12. The van der Waals surface area contributed by atoms with E-state index >= 15 is 0 Å². The van der Waals surface area contributed by atoms with Gasteiger partial charge in [0.1, 0.15) is 11.7 Å². The maximum absolute atomic E-state index is 13.1. The zero-order valence-corrected chi connectivity index (χ0v) is 18.2. The van der Waals surface area contributed by atoms with Crippen molar-refractivity contribution in [2.24, 2.45) is 0 Å². The number of nitrogens with zero attached hydrogens (tertiary/aromatic N) is 2. The highest BCUT2D eigenvalue weighted by Gasteiger charge is 2.24. The molecule has 9 heteroatoms. The van der Waals surface area contributed by atoms with E-state index in [4.69, 9.17) is 10.3 Å². The van der Waals surface area contributed by atoms with E-state index in [-0.39, 0.29) is 24.2 Å². The number of hydroxylamine groups is 1. The summed E-state index contributed by atoms with van der Waals surface area (Å²) in [5.74, 6) is -2.24. The molecule has 0 unspecified atom stereocenters. The summed E-state index contributed by atoms with van der Waals surface area (Å²) in [4.78, 5) is 36.4. The van der Waals surface area contributed by atoms with Crippen LogP contribution in [0.25, 0.3) is 0 Å². The number of aromatic carboxylic acids is 1. The maximum Gasteiger partial charge on any atom is 0.335 e. The van der Waals surface area contributed by atoms with Gasteiger partial charge in [0.15, 0.2) is 0 Å². The predicted octanol–water partition coefficient (Wildman–Crippen LogP) is 2.43. The number of carboxylic acids is 1. The number of carbonyl (C=O) groups excluding carboxylic acids is 2. The quantitative estimate of drug-likeness (QED) is 0.277. The number of aryl methyl sites for hydroxylation is 1. The van der Waals surface area contributed by atoms with E-state index in [0.717, 1.165) is 23.2 Å². The molecular weight excluding hydrogens is 424 g/mol. The molecule has 0 fully saturated rings. The molecule has 0 saturated heterocycles. The van der Waals surface area contributed by atoms with Crippen LogP contribution in [0, 0.1) is 0 Å². The van der Waals surface area contributed by atoms with Crippen molar-refractivity contribution in [1.82, 2.24) is 20.6 Å². The third kappa shape index (κ3) is 6.27. The summed E-state index contributed by atoms with van der Waals surface area (Å²) < 4.78 is 1.53. The number of hydrogen-bond acceptors (Lipinski definition) is 5. The van der Waals surface area contributed by atoms with E-state index in [1.165, 1.54) is 16.8 Å². The highest BCUT2D eigenvalue weighted by atomic mass is 16.5. The molecule has 0 radical (unpaired) electrons. The van der Waals surface area contributed by atoms with Crippen molar-refractivity contribution in [1.29, 1.82) is 0 Å². The van der Waals surface area contributed by atoms with E-state index in [9.17, 15) is 14.4 Å². The number of aromatic nitrogens is 2. The lowest BCUT2D eigenvalue weighted by Crippen LogP contribution is -2.47. The monoisotopic (exact) mass is 450 g/mol. The van der Waals surface area contributed by atoms with Crippen LogP contribution in [0.5, 0.6) is 0 Å². The minimum atomic E-state index is -1.02. The number of carbonyl (C=O) groups is 3. The van der Waals surface area contributed by atoms with Crippen LogP contribution in [0.3, 0.4) is 0 Å². The fraction of sp³-hybridized carbons (Fsp3) is 0.250. The van der Waals surface area contributed by atoms with Crippen LogP contribution >= 0.6 is 0 Å². The second-order valence-electron chi connectivity index (χ2n) is 7.62. The van der Waals surface area contributed by atoms with Gasteiger partial charge in [-0.25, -0.2) is 10.3 Å². The minimum absolute atomic E-state index is 0.169. The maximum atomic E-state index is 13.1. The Kier molecular flexibility index (Phi) is 7.93. The minimum Gasteiger partial charge on any atom is -0.478 e. The van der Waals surface area contributed by atoms with Crippen LogP contribution in [0.15, 0.2) is 60.7 Å². The van der Waals surface area contributed by atoms with E-state index < -0.39 is 23.8 Å². The lowest BCUT2D eigenvalue weighted by Gasteiger charge is -2.17. The van der Waals surface area contributed by atoms with Crippen molar-refractivity contribution >= 4 is 17.8 Å². The Hall–Kier alpha value is -3.98. The molecule has 9 nitrogen and oxygen atoms in total. The molecule has 0 aliphatic rings. The average Bonchev–Trinajstić information content (AvgIpc) is 3.21. The first-order chi connectivity index (χ1) is 15.9. The van der Waals surface area contributed by atoms with Crippen LogP contribution in [0.2, 0.25) is 0 Å². The molecule has 3 rings (SSSR count). The van der Waals surface area contributed by atoms with Crippen LogP contribution in [0.4, 0.5) is 0 Å². The Bertz CT molecular complexity index is 1110. The molecule has 4 N–H and O–H groups in total.